The zero-order valence-electron chi connectivity index (χ0n) is 8.88. The molecule has 0 bridgehead atoms. The van der Waals surface area contributed by atoms with Crippen LogP contribution >= 0.6 is 27.3 Å². The van der Waals surface area contributed by atoms with Crippen molar-refractivity contribution in [1.82, 2.24) is 5.32 Å². The summed E-state index contributed by atoms with van der Waals surface area (Å²) in [5.41, 5.74) is 0.133. The molecule has 2 rings (SSSR count). The van der Waals surface area contributed by atoms with Crippen molar-refractivity contribution in [3.05, 3.63) is 20.8 Å². The third kappa shape index (κ3) is 2.81. The maximum absolute atomic E-state index is 5.55. The van der Waals surface area contributed by atoms with Gasteiger partial charge in [-0.1, -0.05) is 0 Å². The van der Waals surface area contributed by atoms with Crippen LogP contribution in [0.25, 0.3) is 0 Å². The lowest BCUT2D eigenvalue weighted by Gasteiger charge is -2.40. The minimum Gasteiger partial charge on any atom is -0.377 e. The molecule has 1 aliphatic carbocycles. The van der Waals surface area contributed by atoms with Crippen LogP contribution in [0.4, 0.5) is 0 Å². The molecule has 0 aliphatic heterocycles. The molecule has 0 saturated heterocycles. The Morgan fingerprint density at radius 1 is 1.60 bits per heavy atom. The van der Waals surface area contributed by atoms with Gasteiger partial charge in [-0.25, -0.2) is 0 Å². The Labute approximate surface area is 103 Å². The molecule has 1 aliphatic rings. The van der Waals surface area contributed by atoms with Crippen LogP contribution in [-0.2, 0) is 11.3 Å². The standard InChI is InChI=1S/C11H16BrNOS/c1-14-11(3-2-4-11)8-13-6-10-5-9(12)7-15-10/h5,7,13H,2-4,6,8H2,1H3. The Kier molecular flexibility index (Phi) is 3.83. The molecule has 0 radical (unpaired) electrons. The molecule has 0 spiro atoms. The van der Waals surface area contributed by atoms with E-state index in [-0.39, 0.29) is 5.60 Å². The van der Waals surface area contributed by atoms with Crippen molar-refractivity contribution in [2.24, 2.45) is 0 Å². The van der Waals surface area contributed by atoms with Crippen LogP contribution in [0.2, 0.25) is 0 Å². The van der Waals surface area contributed by atoms with E-state index >= 15 is 0 Å². The Morgan fingerprint density at radius 3 is 2.87 bits per heavy atom. The summed E-state index contributed by atoms with van der Waals surface area (Å²) in [4.78, 5) is 1.37. The van der Waals surface area contributed by atoms with Crippen molar-refractivity contribution in [3.63, 3.8) is 0 Å². The Hall–Kier alpha value is 0.1000. The fourth-order valence-electron chi connectivity index (χ4n) is 1.88. The van der Waals surface area contributed by atoms with Crippen LogP contribution in [0, 0.1) is 0 Å². The Balaban J connectivity index is 1.74. The first-order chi connectivity index (χ1) is 7.24. The summed E-state index contributed by atoms with van der Waals surface area (Å²) in [5.74, 6) is 0. The van der Waals surface area contributed by atoms with Crippen LogP contribution in [0.3, 0.4) is 0 Å². The minimum atomic E-state index is 0.133. The third-order valence-corrected chi connectivity index (χ3v) is 4.76. The number of thiophene rings is 1. The number of methoxy groups -OCH3 is 1. The van der Waals surface area contributed by atoms with Crippen LogP contribution in [-0.4, -0.2) is 19.3 Å². The highest BCUT2D eigenvalue weighted by atomic mass is 79.9. The van der Waals surface area contributed by atoms with E-state index < -0.39 is 0 Å². The smallest absolute Gasteiger partial charge is 0.0802 e. The first-order valence-corrected chi connectivity index (χ1v) is 6.90. The normalized spacial score (nSPS) is 18.8. The molecule has 0 unspecified atom stereocenters. The van der Waals surface area contributed by atoms with Gasteiger partial charge in [0.1, 0.15) is 0 Å². The van der Waals surface area contributed by atoms with Crippen LogP contribution in [0.5, 0.6) is 0 Å². The van der Waals surface area contributed by atoms with Gasteiger partial charge >= 0.3 is 0 Å². The Morgan fingerprint density at radius 2 is 2.40 bits per heavy atom. The van der Waals surface area contributed by atoms with Gasteiger partial charge in [-0.05, 0) is 41.3 Å². The molecule has 15 heavy (non-hydrogen) atoms. The highest BCUT2D eigenvalue weighted by Gasteiger charge is 2.36. The minimum absolute atomic E-state index is 0.133. The number of nitrogens with one attached hydrogen (secondary N) is 1. The van der Waals surface area contributed by atoms with Crippen molar-refractivity contribution >= 4 is 27.3 Å². The summed E-state index contributed by atoms with van der Waals surface area (Å²) in [6.45, 7) is 1.92. The van der Waals surface area contributed by atoms with Crippen molar-refractivity contribution in [2.45, 2.75) is 31.4 Å². The van der Waals surface area contributed by atoms with Crippen LogP contribution in [0.1, 0.15) is 24.1 Å². The molecule has 1 aromatic heterocycles. The van der Waals surface area contributed by atoms with Gasteiger partial charge in [-0.3, -0.25) is 0 Å². The summed E-state index contributed by atoms with van der Waals surface area (Å²) in [6, 6.07) is 2.16. The predicted octanol–water partition coefficient (Wildman–Crippen LogP) is 3.17. The van der Waals surface area contributed by atoms with Crippen molar-refractivity contribution < 1.29 is 4.74 Å². The van der Waals surface area contributed by atoms with E-state index in [4.69, 9.17) is 4.74 Å². The van der Waals surface area contributed by atoms with E-state index in [1.807, 2.05) is 7.11 Å². The fraction of sp³-hybridized carbons (Fsp3) is 0.636. The van der Waals surface area contributed by atoms with E-state index in [1.54, 1.807) is 11.3 Å². The van der Waals surface area contributed by atoms with Gasteiger partial charge in [0.2, 0.25) is 0 Å². The molecule has 1 saturated carbocycles. The number of halogens is 1. The van der Waals surface area contributed by atoms with Gasteiger partial charge in [-0.2, -0.15) is 0 Å². The summed E-state index contributed by atoms with van der Waals surface area (Å²) in [6.07, 6.45) is 3.70. The van der Waals surface area contributed by atoms with Gasteiger partial charge in [0.15, 0.2) is 0 Å². The van der Waals surface area contributed by atoms with Crippen molar-refractivity contribution in [3.8, 4) is 0 Å². The molecule has 84 valence electrons. The number of rotatable bonds is 5. The average molecular weight is 290 g/mol. The summed E-state index contributed by atoms with van der Waals surface area (Å²) in [5, 5.41) is 5.59. The van der Waals surface area contributed by atoms with Crippen molar-refractivity contribution in [2.75, 3.05) is 13.7 Å². The molecular formula is C11H16BrNOS. The lowest BCUT2D eigenvalue weighted by molar-refractivity contribution is -0.0695. The lowest BCUT2D eigenvalue weighted by atomic mass is 9.80. The van der Waals surface area contributed by atoms with Gasteiger partial charge < -0.3 is 10.1 Å². The monoisotopic (exact) mass is 289 g/mol. The van der Waals surface area contributed by atoms with E-state index in [2.05, 4.69) is 32.7 Å². The summed E-state index contributed by atoms with van der Waals surface area (Å²) >= 11 is 5.24. The summed E-state index contributed by atoms with van der Waals surface area (Å²) in [7, 11) is 1.82. The molecule has 1 heterocycles. The quantitative estimate of drug-likeness (QED) is 0.899. The highest BCUT2D eigenvalue weighted by molar-refractivity contribution is 9.10. The van der Waals surface area contributed by atoms with Crippen LogP contribution < -0.4 is 5.32 Å². The molecule has 0 amide bonds. The SMILES string of the molecule is COC1(CNCc2cc(Br)cs2)CCC1. The van der Waals surface area contributed by atoms with Gasteiger partial charge in [0, 0.05) is 34.9 Å². The van der Waals surface area contributed by atoms with E-state index in [9.17, 15) is 0 Å². The second-order valence-electron chi connectivity index (χ2n) is 4.08. The van der Waals surface area contributed by atoms with Gasteiger partial charge in [0.05, 0.1) is 5.60 Å². The van der Waals surface area contributed by atoms with Gasteiger partial charge in [0.25, 0.3) is 0 Å². The van der Waals surface area contributed by atoms with E-state index in [0.717, 1.165) is 13.1 Å². The summed E-state index contributed by atoms with van der Waals surface area (Å²) < 4.78 is 6.72. The van der Waals surface area contributed by atoms with Gasteiger partial charge in [-0.15, -0.1) is 11.3 Å². The molecule has 0 atom stereocenters. The zero-order valence-corrected chi connectivity index (χ0v) is 11.3. The highest BCUT2D eigenvalue weighted by Crippen LogP contribution is 2.34. The zero-order chi connectivity index (χ0) is 10.7. The molecule has 2 nitrogen and oxygen atoms in total. The average Bonchev–Trinajstić information content (AvgIpc) is 2.56. The molecule has 1 fully saturated rings. The number of hydrogen-bond acceptors (Lipinski definition) is 3. The topological polar surface area (TPSA) is 21.3 Å². The first-order valence-electron chi connectivity index (χ1n) is 5.23. The largest absolute Gasteiger partial charge is 0.377 e. The second kappa shape index (κ2) is 4.95. The Bertz CT molecular complexity index is 317. The molecule has 0 aromatic carbocycles. The van der Waals surface area contributed by atoms with Crippen LogP contribution in [0.15, 0.2) is 15.9 Å². The number of hydrogen-bond donors (Lipinski definition) is 1. The third-order valence-electron chi connectivity index (χ3n) is 3.07. The molecule has 4 heteroatoms. The lowest BCUT2D eigenvalue weighted by Crippen LogP contribution is -2.47. The van der Waals surface area contributed by atoms with E-state index in [1.165, 1.54) is 28.6 Å². The second-order valence-corrected chi connectivity index (χ2v) is 5.99. The number of ether oxygens (including phenoxy) is 1. The first kappa shape index (κ1) is 11.6. The van der Waals surface area contributed by atoms with Crippen molar-refractivity contribution in [1.29, 1.82) is 0 Å². The fourth-order valence-corrected chi connectivity index (χ4v) is 3.30. The maximum Gasteiger partial charge on any atom is 0.0802 e. The maximum atomic E-state index is 5.55. The molecule has 1 N–H and O–H groups in total. The molecular weight excluding hydrogens is 274 g/mol. The predicted molar refractivity (Wildman–Crippen MR) is 67.3 cm³/mol. The molecule has 1 aromatic rings. The van der Waals surface area contributed by atoms with E-state index in [0.29, 0.717) is 0 Å².